The number of nitrogens with zero attached hydrogens (tertiary/aromatic N) is 1. The maximum Gasteiger partial charge on any atom is 0.274 e. The molecule has 0 aliphatic rings. The van der Waals surface area contributed by atoms with Gasteiger partial charge in [0.15, 0.2) is 0 Å². The molecule has 0 radical (unpaired) electrons. The molecule has 0 fully saturated rings. The van der Waals surface area contributed by atoms with Crippen LogP contribution in [0.5, 0.6) is 0 Å². The summed E-state index contributed by atoms with van der Waals surface area (Å²) >= 11 is 0. The molecule has 82 valence electrons. The standard InChI is InChI=1S/C10H19NO3/c1-5-6-7-14-8-11(13-4)10(12)9(2)3/h2,5-8H2,1,3-4H3. The molecule has 0 N–H and O–H groups in total. The van der Waals surface area contributed by atoms with Gasteiger partial charge in [0.2, 0.25) is 0 Å². The van der Waals surface area contributed by atoms with Crippen molar-refractivity contribution in [2.24, 2.45) is 0 Å². The molecule has 0 aliphatic heterocycles. The maximum atomic E-state index is 11.4. The molecule has 0 aromatic heterocycles. The zero-order valence-electron chi connectivity index (χ0n) is 9.21. The Hall–Kier alpha value is -0.870. The van der Waals surface area contributed by atoms with E-state index in [-0.39, 0.29) is 12.6 Å². The molecule has 0 atom stereocenters. The minimum atomic E-state index is -0.246. The molecule has 0 aromatic rings. The van der Waals surface area contributed by atoms with Crippen LogP contribution in [0.3, 0.4) is 0 Å². The van der Waals surface area contributed by atoms with Crippen molar-refractivity contribution in [1.82, 2.24) is 5.06 Å². The second kappa shape index (κ2) is 7.53. The van der Waals surface area contributed by atoms with Gasteiger partial charge < -0.3 is 4.74 Å². The van der Waals surface area contributed by atoms with Gasteiger partial charge in [0.05, 0.1) is 7.11 Å². The fourth-order valence-electron chi connectivity index (χ4n) is 0.801. The summed E-state index contributed by atoms with van der Waals surface area (Å²) in [7, 11) is 1.43. The summed E-state index contributed by atoms with van der Waals surface area (Å²) in [6.45, 7) is 8.05. The predicted octanol–water partition coefficient (Wildman–Crippen LogP) is 1.73. The lowest BCUT2D eigenvalue weighted by Gasteiger charge is -2.19. The summed E-state index contributed by atoms with van der Waals surface area (Å²) < 4.78 is 5.24. The third-order valence-corrected chi connectivity index (χ3v) is 1.66. The quantitative estimate of drug-likeness (QED) is 0.272. The summed E-state index contributed by atoms with van der Waals surface area (Å²) in [5, 5.41) is 1.15. The smallest absolute Gasteiger partial charge is 0.274 e. The van der Waals surface area contributed by atoms with E-state index in [1.165, 1.54) is 7.11 Å². The summed E-state index contributed by atoms with van der Waals surface area (Å²) in [6, 6.07) is 0. The minimum absolute atomic E-state index is 0.155. The number of unbranched alkanes of at least 4 members (excludes halogenated alkanes) is 1. The van der Waals surface area contributed by atoms with Crippen LogP contribution in [0.15, 0.2) is 12.2 Å². The van der Waals surface area contributed by atoms with Crippen molar-refractivity contribution in [3.63, 3.8) is 0 Å². The van der Waals surface area contributed by atoms with E-state index >= 15 is 0 Å². The second-order valence-corrected chi connectivity index (χ2v) is 3.04. The highest BCUT2D eigenvalue weighted by atomic mass is 16.7. The second-order valence-electron chi connectivity index (χ2n) is 3.04. The van der Waals surface area contributed by atoms with Gasteiger partial charge in [-0.3, -0.25) is 9.63 Å². The molecule has 0 heterocycles. The van der Waals surface area contributed by atoms with Crippen LogP contribution in [-0.4, -0.2) is 31.4 Å². The third kappa shape index (κ3) is 4.99. The number of rotatable bonds is 7. The van der Waals surface area contributed by atoms with Gasteiger partial charge in [-0.2, -0.15) is 5.06 Å². The largest absolute Gasteiger partial charge is 0.359 e. The third-order valence-electron chi connectivity index (χ3n) is 1.66. The van der Waals surface area contributed by atoms with Crippen LogP contribution >= 0.6 is 0 Å². The van der Waals surface area contributed by atoms with E-state index in [0.29, 0.717) is 12.2 Å². The van der Waals surface area contributed by atoms with Gasteiger partial charge in [-0.05, 0) is 13.3 Å². The highest BCUT2D eigenvalue weighted by molar-refractivity contribution is 5.91. The number of carbonyl (C=O) groups excluding carboxylic acids is 1. The topological polar surface area (TPSA) is 38.8 Å². The van der Waals surface area contributed by atoms with Crippen LogP contribution in [0.2, 0.25) is 0 Å². The van der Waals surface area contributed by atoms with Crippen molar-refractivity contribution in [2.45, 2.75) is 26.7 Å². The van der Waals surface area contributed by atoms with E-state index in [4.69, 9.17) is 9.57 Å². The van der Waals surface area contributed by atoms with E-state index in [2.05, 4.69) is 13.5 Å². The number of hydroxylamine groups is 2. The van der Waals surface area contributed by atoms with Crippen LogP contribution in [0.25, 0.3) is 0 Å². The first-order valence-corrected chi connectivity index (χ1v) is 4.72. The summed E-state index contributed by atoms with van der Waals surface area (Å²) in [5.41, 5.74) is 0.436. The monoisotopic (exact) mass is 201 g/mol. The first-order valence-electron chi connectivity index (χ1n) is 4.72. The van der Waals surface area contributed by atoms with Gasteiger partial charge in [-0.15, -0.1) is 0 Å². The van der Waals surface area contributed by atoms with E-state index < -0.39 is 0 Å². The van der Waals surface area contributed by atoms with Gasteiger partial charge >= 0.3 is 0 Å². The molecule has 0 saturated heterocycles. The molecule has 4 heteroatoms. The lowest BCUT2D eigenvalue weighted by molar-refractivity contribution is -0.196. The van der Waals surface area contributed by atoms with E-state index in [9.17, 15) is 4.79 Å². The average molecular weight is 201 g/mol. The van der Waals surface area contributed by atoms with E-state index in [1.807, 2.05) is 0 Å². The lowest BCUT2D eigenvalue weighted by Crippen LogP contribution is -2.32. The van der Waals surface area contributed by atoms with Gasteiger partial charge in [0.25, 0.3) is 5.91 Å². The molecular weight excluding hydrogens is 182 g/mol. The molecular formula is C10H19NO3. The molecule has 1 amide bonds. The Kier molecular flexibility index (Phi) is 7.06. The molecule has 0 bridgehead atoms. The fraction of sp³-hybridized carbons (Fsp3) is 0.700. The minimum Gasteiger partial charge on any atom is -0.359 e. The summed E-state index contributed by atoms with van der Waals surface area (Å²) in [6.07, 6.45) is 2.06. The highest BCUT2D eigenvalue weighted by Crippen LogP contribution is 1.99. The Morgan fingerprint density at radius 3 is 2.57 bits per heavy atom. The van der Waals surface area contributed by atoms with Crippen molar-refractivity contribution in [2.75, 3.05) is 20.4 Å². The first-order chi connectivity index (χ1) is 6.63. The zero-order valence-corrected chi connectivity index (χ0v) is 9.21. The molecule has 14 heavy (non-hydrogen) atoms. The number of hydrogen-bond donors (Lipinski definition) is 0. The van der Waals surface area contributed by atoms with E-state index in [0.717, 1.165) is 17.9 Å². The van der Waals surface area contributed by atoms with Crippen molar-refractivity contribution in [1.29, 1.82) is 0 Å². The molecule has 0 aliphatic carbocycles. The normalized spacial score (nSPS) is 9.93. The SMILES string of the molecule is C=C(C)C(=O)N(COCCCC)OC. The van der Waals surface area contributed by atoms with Crippen molar-refractivity contribution in [3.05, 3.63) is 12.2 Å². The molecule has 0 saturated carbocycles. The van der Waals surface area contributed by atoms with Crippen LogP contribution in [0, 0.1) is 0 Å². The Bertz CT molecular complexity index is 192. The number of carbonyl (C=O) groups is 1. The van der Waals surface area contributed by atoms with Crippen LogP contribution in [-0.2, 0) is 14.4 Å². The van der Waals surface area contributed by atoms with Crippen LogP contribution in [0.1, 0.15) is 26.7 Å². The Morgan fingerprint density at radius 1 is 1.50 bits per heavy atom. The molecule has 4 nitrogen and oxygen atoms in total. The maximum absolute atomic E-state index is 11.4. The Balaban J connectivity index is 3.79. The van der Waals surface area contributed by atoms with Crippen LogP contribution in [0.4, 0.5) is 0 Å². The Labute approximate surface area is 85.4 Å². The zero-order chi connectivity index (χ0) is 11.0. The van der Waals surface area contributed by atoms with Crippen LogP contribution < -0.4 is 0 Å². The van der Waals surface area contributed by atoms with E-state index in [1.54, 1.807) is 6.92 Å². The molecule has 0 aromatic carbocycles. The van der Waals surface area contributed by atoms with Gasteiger partial charge in [0.1, 0.15) is 6.73 Å². The fourth-order valence-corrected chi connectivity index (χ4v) is 0.801. The lowest BCUT2D eigenvalue weighted by atomic mass is 10.3. The summed E-state index contributed by atoms with van der Waals surface area (Å²) in [4.78, 5) is 16.2. The number of ether oxygens (including phenoxy) is 1. The van der Waals surface area contributed by atoms with Crippen molar-refractivity contribution in [3.8, 4) is 0 Å². The molecule has 0 rings (SSSR count). The van der Waals surface area contributed by atoms with Gasteiger partial charge in [-0.1, -0.05) is 19.9 Å². The van der Waals surface area contributed by atoms with Crippen molar-refractivity contribution >= 4 is 5.91 Å². The van der Waals surface area contributed by atoms with Crippen molar-refractivity contribution < 1.29 is 14.4 Å². The molecule has 0 spiro atoms. The molecule has 0 unspecified atom stereocenters. The first kappa shape index (κ1) is 13.1. The summed E-state index contributed by atoms with van der Waals surface area (Å²) in [5.74, 6) is -0.246. The predicted molar refractivity (Wildman–Crippen MR) is 54.4 cm³/mol. The van der Waals surface area contributed by atoms with Gasteiger partial charge in [-0.25, -0.2) is 0 Å². The number of amides is 1. The Morgan fingerprint density at radius 2 is 2.14 bits per heavy atom. The average Bonchev–Trinajstić information content (AvgIpc) is 2.17. The van der Waals surface area contributed by atoms with Gasteiger partial charge in [0, 0.05) is 12.2 Å². The number of hydrogen-bond acceptors (Lipinski definition) is 3. The highest BCUT2D eigenvalue weighted by Gasteiger charge is 2.12.